The molecule has 84 valence electrons. The van der Waals surface area contributed by atoms with E-state index in [1.807, 2.05) is 0 Å². The van der Waals surface area contributed by atoms with E-state index < -0.39 is 5.67 Å². The number of halogens is 1. The van der Waals surface area contributed by atoms with Gasteiger partial charge in [0.15, 0.2) is 0 Å². The molecule has 1 saturated carbocycles. The molecule has 0 saturated heterocycles. The van der Waals surface area contributed by atoms with Crippen LogP contribution in [0, 0.1) is 16.2 Å². The van der Waals surface area contributed by atoms with Gasteiger partial charge in [-0.05, 0) is 36.0 Å². The van der Waals surface area contributed by atoms with Gasteiger partial charge in [-0.1, -0.05) is 41.5 Å². The van der Waals surface area contributed by atoms with Gasteiger partial charge in [-0.3, -0.25) is 0 Å². The summed E-state index contributed by atoms with van der Waals surface area (Å²) in [4.78, 5) is 0. The molecule has 0 aromatic carbocycles. The van der Waals surface area contributed by atoms with Crippen LogP contribution in [0.2, 0.25) is 0 Å². The summed E-state index contributed by atoms with van der Waals surface area (Å²) in [5.74, 6) is 0. The maximum Gasteiger partial charge on any atom is 0.109 e. The van der Waals surface area contributed by atoms with Crippen LogP contribution in [0.3, 0.4) is 0 Å². The van der Waals surface area contributed by atoms with Gasteiger partial charge in [0.1, 0.15) is 5.67 Å². The van der Waals surface area contributed by atoms with Crippen molar-refractivity contribution in [2.45, 2.75) is 67.0 Å². The first-order valence-corrected chi connectivity index (χ1v) is 5.60. The first-order chi connectivity index (χ1) is 5.91. The van der Waals surface area contributed by atoms with Crippen LogP contribution in [0.15, 0.2) is 0 Å². The summed E-state index contributed by atoms with van der Waals surface area (Å²) < 4.78 is 13.8. The van der Waals surface area contributed by atoms with E-state index in [-0.39, 0.29) is 16.2 Å². The Morgan fingerprint density at radius 2 is 1.14 bits per heavy atom. The third-order valence-electron chi connectivity index (χ3n) is 4.21. The number of hydrogen-bond acceptors (Lipinski definition) is 0. The van der Waals surface area contributed by atoms with Crippen molar-refractivity contribution in [1.29, 1.82) is 0 Å². The lowest BCUT2D eigenvalue weighted by Crippen LogP contribution is -2.60. The minimum absolute atomic E-state index is 0.156. The Kier molecular flexibility index (Phi) is 2.35. The Bertz CT molecular complexity index is 201. The van der Waals surface area contributed by atoms with Crippen LogP contribution in [0.25, 0.3) is 0 Å². The topological polar surface area (TPSA) is 0 Å². The molecule has 0 aromatic rings. The maximum absolute atomic E-state index is 13.8. The molecule has 1 heteroatoms. The molecule has 0 atom stereocenters. The molecule has 1 aliphatic carbocycles. The predicted octanol–water partition coefficient (Wildman–Crippen LogP) is 4.59. The molecule has 0 radical (unpaired) electrons. The van der Waals surface area contributed by atoms with E-state index in [0.717, 1.165) is 0 Å². The normalized spacial score (nSPS) is 25.7. The van der Waals surface area contributed by atoms with Crippen molar-refractivity contribution in [1.82, 2.24) is 0 Å². The SMILES string of the molecule is CC1(F)CC(C(C)(C)C)(C(C)(C)C)C1. The second-order valence-corrected chi connectivity index (χ2v) is 7.35. The maximum atomic E-state index is 13.8. The molecule has 0 heterocycles. The monoisotopic (exact) mass is 200 g/mol. The second kappa shape index (κ2) is 2.74. The summed E-state index contributed by atoms with van der Waals surface area (Å²) >= 11 is 0. The smallest absolute Gasteiger partial charge is 0.109 e. The van der Waals surface area contributed by atoms with Crippen LogP contribution >= 0.6 is 0 Å². The van der Waals surface area contributed by atoms with E-state index in [9.17, 15) is 4.39 Å². The zero-order valence-corrected chi connectivity index (χ0v) is 10.8. The van der Waals surface area contributed by atoms with E-state index in [4.69, 9.17) is 0 Å². The largest absolute Gasteiger partial charge is 0.244 e. The Labute approximate surface area is 88.3 Å². The zero-order valence-electron chi connectivity index (χ0n) is 10.8. The molecule has 0 nitrogen and oxygen atoms in total. The third-order valence-corrected chi connectivity index (χ3v) is 4.21. The van der Waals surface area contributed by atoms with Crippen molar-refractivity contribution in [3.8, 4) is 0 Å². The summed E-state index contributed by atoms with van der Waals surface area (Å²) in [6.45, 7) is 15.2. The highest BCUT2D eigenvalue weighted by atomic mass is 19.1. The highest BCUT2D eigenvalue weighted by Gasteiger charge is 2.63. The average molecular weight is 200 g/mol. The van der Waals surface area contributed by atoms with E-state index >= 15 is 0 Å². The van der Waals surface area contributed by atoms with Crippen molar-refractivity contribution in [3.63, 3.8) is 0 Å². The Morgan fingerprint density at radius 3 is 1.21 bits per heavy atom. The molecule has 1 fully saturated rings. The fourth-order valence-electron chi connectivity index (χ4n) is 3.39. The summed E-state index contributed by atoms with van der Waals surface area (Å²) in [7, 11) is 0. The fourth-order valence-corrected chi connectivity index (χ4v) is 3.39. The third kappa shape index (κ3) is 1.59. The lowest BCUT2D eigenvalue weighted by molar-refractivity contribution is -0.183. The molecule has 0 bridgehead atoms. The minimum Gasteiger partial charge on any atom is -0.244 e. The van der Waals surface area contributed by atoms with Crippen LogP contribution in [-0.2, 0) is 0 Å². The van der Waals surface area contributed by atoms with Gasteiger partial charge >= 0.3 is 0 Å². The molecule has 0 spiro atoms. The van der Waals surface area contributed by atoms with E-state index in [0.29, 0.717) is 12.8 Å². The van der Waals surface area contributed by atoms with E-state index in [1.54, 1.807) is 6.92 Å². The van der Waals surface area contributed by atoms with Gasteiger partial charge in [0, 0.05) is 0 Å². The Morgan fingerprint density at radius 1 is 0.857 bits per heavy atom. The van der Waals surface area contributed by atoms with Gasteiger partial charge in [-0.25, -0.2) is 4.39 Å². The molecule has 0 aromatic heterocycles. The van der Waals surface area contributed by atoms with Crippen LogP contribution < -0.4 is 0 Å². The van der Waals surface area contributed by atoms with Crippen molar-refractivity contribution in [3.05, 3.63) is 0 Å². The van der Waals surface area contributed by atoms with Crippen LogP contribution in [0.4, 0.5) is 4.39 Å². The minimum atomic E-state index is -0.930. The number of alkyl halides is 1. The lowest BCUT2D eigenvalue weighted by Gasteiger charge is -2.64. The van der Waals surface area contributed by atoms with Crippen molar-refractivity contribution >= 4 is 0 Å². The first kappa shape index (κ1) is 12.0. The number of rotatable bonds is 0. The van der Waals surface area contributed by atoms with Crippen LogP contribution in [0.5, 0.6) is 0 Å². The summed E-state index contributed by atoms with van der Waals surface area (Å²) in [5, 5.41) is 0. The summed E-state index contributed by atoms with van der Waals surface area (Å²) in [6, 6.07) is 0. The Hall–Kier alpha value is -0.0700. The molecule has 1 rings (SSSR count). The fraction of sp³-hybridized carbons (Fsp3) is 1.00. The molecule has 1 aliphatic rings. The molecular weight excluding hydrogens is 175 g/mol. The predicted molar refractivity (Wildman–Crippen MR) is 60.1 cm³/mol. The standard InChI is InChI=1S/C13H25F/c1-10(2,3)13(11(4,5)6)8-12(7,14)9-13/h8-9H2,1-7H3. The summed E-state index contributed by atoms with van der Waals surface area (Å²) in [5.41, 5.74) is -0.391. The zero-order chi connectivity index (χ0) is 11.4. The van der Waals surface area contributed by atoms with Gasteiger partial charge in [-0.15, -0.1) is 0 Å². The quantitative estimate of drug-likeness (QED) is 0.536. The molecule has 14 heavy (non-hydrogen) atoms. The van der Waals surface area contributed by atoms with E-state index in [2.05, 4.69) is 41.5 Å². The van der Waals surface area contributed by atoms with Crippen LogP contribution in [0.1, 0.15) is 61.3 Å². The van der Waals surface area contributed by atoms with Gasteiger partial charge in [-0.2, -0.15) is 0 Å². The van der Waals surface area contributed by atoms with Gasteiger partial charge in [0.2, 0.25) is 0 Å². The average Bonchev–Trinajstić information content (AvgIpc) is 1.75. The van der Waals surface area contributed by atoms with Crippen molar-refractivity contribution < 1.29 is 4.39 Å². The van der Waals surface area contributed by atoms with Gasteiger partial charge < -0.3 is 0 Å². The van der Waals surface area contributed by atoms with Crippen LogP contribution in [-0.4, -0.2) is 5.67 Å². The first-order valence-electron chi connectivity index (χ1n) is 5.60. The number of hydrogen-bond donors (Lipinski definition) is 0. The highest BCUT2D eigenvalue weighted by Crippen LogP contribution is 2.67. The van der Waals surface area contributed by atoms with Gasteiger partial charge in [0.05, 0.1) is 0 Å². The second-order valence-electron chi connectivity index (χ2n) is 7.35. The molecular formula is C13H25F. The van der Waals surface area contributed by atoms with E-state index in [1.165, 1.54) is 0 Å². The molecule has 0 N–H and O–H groups in total. The summed E-state index contributed by atoms with van der Waals surface area (Å²) in [6.07, 6.45) is 1.43. The van der Waals surface area contributed by atoms with Gasteiger partial charge in [0.25, 0.3) is 0 Å². The molecule has 0 amide bonds. The lowest BCUT2D eigenvalue weighted by atomic mass is 9.41. The Balaban J connectivity index is 2.99. The van der Waals surface area contributed by atoms with Crippen molar-refractivity contribution in [2.75, 3.05) is 0 Å². The van der Waals surface area contributed by atoms with Crippen molar-refractivity contribution in [2.24, 2.45) is 16.2 Å². The highest BCUT2D eigenvalue weighted by molar-refractivity contribution is 5.12. The molecule has 0 unspecified atom stereocenters. The molecule has 0 aliphatic heterocycles.